The highest BCUT2D eigenvalue weighted by Gasteiger charge is 2.14. The molecule has 1 aliphatic heterocycles. The van der Waals surface area contributed by atoms with E-state index in [9.17, 15) is 0 Å². The van der Waals surface area contributed by atoms with Gasteiger partial charge in [0, 0.05) is 31.7 Å². The Morgan fingerprint density at radius 1 is 1.04 bits per heavy atom. The highest BCUT2D eigenvalue weighted by Crippen LogP contribution is 2.32. The quantitative estimate of drug-likeness (QED) is 0.891. The van der Waals surface area contributed by atoms with Crippen LogP contribution in [0.15, 0.2) is 36.4 Å². The average Bonchev–Trinajstić information content (AvgIpc) is 2.62. The maximum atomic E-state index is 6.07. The topological polar surface area (TPSA) is 37.4 Å². The largest absolute Gasteiger partial charge is 0.491 e. The van der Waals surface area contributed by atoms with Gasteiger partial charge in [-0.3, -0.25) is 0 Å². The van der Waals surface area contributed by atoms with Crippen LogP contribution in [0, 0.1) is 0 Å². The predicted octanol–water partition coefficient (Wildman–Crippen LogP) is 4.07. The van der Waals surface area contributed by atoms with Gasteiger partial charge >= 0.3 is 0 Å². The first-order chi connectivity index (χ1) is 12.0. The molecule has 0 bridgehead atoms. The Balaban J connectivity index is 1.93. The summed E-state index contributed by atoms with van der Waals surface area (Å²) in [6.45, 7) is 12.6. The van der Waals surface area contributed by atoms with Crippen molar-refractivity contribution in [1.29, 1.82) is 0 Å². The number of pyridine rings is 1. The molecule has 0 amide bonds. The van der Waals surface area contributed by atoms with Gasteiger partial charge in [0.2, 0.25) is 0 Å². The highest BCUT2D eigenvalue weighted by molar-refractivity contribution is 5.65. The molecule has 134 valence electrons. The van der Waals surface area contributed by atoms with Gasteiger partial charge in [0.25, 0.3) is 0 Å². The number of hydrogen-bond acceptors (Lipinski definition) is 4. The minimum Gasteiger partial charge on any atom is -0.491 e. The fraction of sp³-hybridized carbons (Fsp3) is 0.476. The lowest BCUT2D eigenvalue weighted by atomic mass is 9.99. The van der Waals surface area contributed by atoms with Gasteiger partial charge in [-0.05, 0) is 43.5 Å². The van der Waals surface area contributed by atoms with Crippen molar-refractivity contribution in [3.05, 3.63) is 42.0 Å². The summed E-state index contributed by atoms with van der Waals surface area (Å²) in [5.41, 5.74) is 3.35. The second kappa shape index (κ2) is 7.87. The summed E-state index contributed by atoms with van der Waals surface area (Å²) >= 11 is 0. The second-order valence-electron chi connectivity index (χ2n) is 7.19. The molecular weight excluding hydrogens is 310 g/mol. The molecule has 0 aliphatic carbocycles. The normalized spacial score (nSPS) is 15.0. The van der Waals surface area contributed by atoms with Crippen molar-refractivity contribution in [2.24, 2.45) is 0 Å². The van der Waals surface area contributed by atoms with E-state index in [1.807, 2.05) is 0 Å². The molecule has 1 N–H and O–H groups in total. The van der Waals surface area contributed by atoms with E-state index in [4.69, 9.17) is 9.72 Å². The Bertz CT molecular complexity index is 706. The maximum Gasteiger partial charge on any atom is 0.129 e. The Morgan fingerprint density at radius 3 is 2.48 bits per heavy atom. The number of nitrogens with one attached hydrogen (secondary N) is 1. The van der Waals surface area contributed by atoms with Gasteiger partial charge in [0.1, 0.15) is 11.6 Å². The highest BCUT2D eigenvalue weighted by atomic mass is 16.5. The second-order valence-corrected chi connectivity index (χ2v) is 7.19. The monoisotopic (exact) mass is 339 g/mol. The SMILES string of the molecule is CC(C)Oc1cc(-c2cccc(N3CCNCC3)n2)ccc1C(C)C. The van der Waals surface area contributed by atoms with Crippen LogP contribution in [0.5, 0.6) is 5.75 Å². The van der Waals surface area contributed by atoms with Crippen molar-refractivity contribution in [3.8, 4) is 17.0 Å². The fourth-order valence-electron chi connectivity index (χ4n) is 3.18. The van der Waals surface area contributed by atoms with Crippen molar-refractivity contribution >= 4 is 5.82 Å². The first-order valence-electron chi connectivity index (χ1n) is 9.28. The molecule has 1 fully saturated rings. The first kappa shape index (κ1) is 17.7. The van der Waals surface area contributed by atoms with Gasteiger partial charge in [-0.1, -0.05) is 32.0 Å². The van der Waals surface area contributed by atoms with E-state index in [0.717, 1.165) is 49.0 Å². The van der Waals surface area contributed by atoms with Crippen LogP contribution in [0.2, 0.25) is 0 Å². The number of anilines is 1. The van der Waals surface area contributed by atoms with Crippen LogP contribution in [-0.2, 0) is 0 Å². The summed E-state index contributed by atoms with van der Waals surface area (Å²) < 4.78 is 6.07. The third-order valence-electron chi connectivity index (χ3n) is 4.47. The molecule has 2 heterocycles. The standard InChI is InChI=1S/C21H29N3O/c1-15(2)18-9-8-17(14-20(18)25-16(3)4)19-6-5-7-21(23-19)24-12-10-22-11-13-24/h5-9,14-16,22H,10-13H2,1-4H3. The molecule has 1 saturated heterocycles. The molecule has 4 nitrogen and oxygen atoms in total. The van der Waals surface area contributed by atoms with Crippen molar-refractivity contribution in [2.75, 3.05) is 31.1 Å². The van der Waals surface area contributed by atoms with Gasteiger partial charge in [-0.15, -0.1) is 0 Å². The average molecular weight is 339 g/mol. The maximum absolute atomic E-state index is 6.07. The molecular formula is C21H29N3O. The molecule has 0 radical (unpaired) electrons. The van der Waals surface area contributed by atoms with E-state index in [1.54, 1.807) is 0 Å². The Morgan fingerprint density at radius 2 is 1.80 bits per heavy atom. The minimum absolute atomic E-state index is 0.160. The molecule has 0 spiro atoms. The summed E-state index contributed by atoms with van der Waals surface area (Å²) in [6, 6.07) is 12.7. The summed E-state index contributed by atoms with van der Waals surface area (Å²) in [5.74, 6) is 2.46. The third-order valence-corrected chi connectivity index (χ3v) is 4.47. The zero-order valence-electron chi connectivity index (χ0n) is 15.7. The number of rotatable bonds is 5. The third kappa shape index (κ3) is 4.31. The van der Waals surface area contributed by atoms with Crippen LogP contribution >= 0.6 is 0 Å². The number of ether oxygens (including phenoxy) is 1. The molecule has 1 aromatic carbocycles. The zero-order chi connectivity index (χ0) is 17.8. The zero-order valence-corrected chi connectivity index (χ0v) is 15.7. The molecule has 2 aromatic rings. The minimum atomic E-state index is 0.160. The summed E-state index contributed by atoms with van der Waals surface area (Å²) in [6.07, 6.45) is 0.160. The predicted molar refractivity (Wildman–Crippen MR) is 105 cm³/mol. The molecule has 3 rings (SSSR count). The van der Waals surface area contributed by atoms with Crippen molar-refractivity contribution < 1.29 is 4.74 Å². The van der Waals surface area contributed by atoms with E-state index < -0.39 is 0 Å². The van der Waals surface area contributed by atoms with Crippen LogP contribution < -0.4 is 15.0 Å². The first-order valence-corrected chi connectivity index (χ1v) is 9.28. The van der Waals surface area contributed by atoms with E-state index in [2.05, 4.69) is 74.3 Å². The van der Waals surface area contributed by atoms with Gasteiger partial charge in [-0.25, -0.2) is 4.98 Å². The van der Waals surface area contributed by atoms with Crippen LogP contribution in [0.25, 0.3) is 11.3 Å². The fourth-order valence-corrected chi connectivity index (χ4v) is 3.18. The molecule has 0 saturated carbocycles. The number of hydrogen-bond donors (Lipinski definition) is 1. The van der Waals surface area contributed by atoms with Crippen LogP contribution in [0.1, 0.15) is 39.2 Å². The number of nitrogens with zero attached hydrogens (tertiary/aromatic N) is 2. The van der Waals surface area contributed by atoms with Crippen LogP contribution in [0.4, 0.5) is 5.82 Å². The molecule has 1 aliphatic rings. The smallest absolute Gasteiger partial charge is 0.129 e. The number of aromatic nitrogens is 1. The summed E-state index contributed by atoms with van der Waals surface area (Å²) in [4.78, 5) is 7.25. The van der Waals surface area contributed by atoms with Crippen molar-refractivity contribution in [2.45, 2.75) is 39.7 Å². The van der Waals surface area contributed by atoms with Crippen LogP contribution in [0.3, 0.4) is 0 Å². The number of benzene rings is 1. The van der Waals surface area contributed by atoms with E-state index >= 15 is 0 Å². The Labute approximate surface area is 151 Å². The van der Waals surface area contributed by atoms with E-state index in [0.29, 0.717) is 5.92 Å². The lowest BCUT2D eigenvalue weighted by Gasteiger charge is -2.28. The summed E-state index contributed by atoms with van der Waals surface area (Å²) in [7, 11) is 0. The molecule has 25 heavy (non-hydrogen) atoms. The van der Waals surface area contributed by atoms with E-state index in [-0.39, 0.29) is 6.10 Å². The van der Waals surface area contributed by atoms with Crippen molar-refractivity contribution in [1.82, 2.24) is 10.3 Å². The number of piperazine rings is 1. The van der Waals surface area contributed by atoms with Gasteiger partial charge in [0.15, 0.2) is 0 Å². The van der Waals surface area contributed by atoms with Gasteiger partial charge in [-0.2, -0.15) is 0 Å². The Hall–Kier alpha value is -2.07. The van der Waals surface area contributed by atoms with Gasteiger partial charge < -0.3 is 15.0 Å². The molecule has 0 atom stereocenters. The lowest BCUT2D eigenvalue weighted by molar-refractivity contribution is 0.239. The van der Waals surface area contributed by atoms with Crippen LogP contribution in [-0.4, -0.2) is 37.3 Å². The summed E-state index contributed by atoms with van der Waals surface area (Å²) in [5, 5.41) is 3.39. The van der Waals surface area contributed by atoms with E-state index in [1.165, 1.54) is 5.56 Å². The van der Waals surface area contributed by atoms with Crippen molar-refractivity contribution in [3.63, 3.8) is 0 Å². The van der Waals surface area contributed by atoms with Gasteiger partial charge in [0.05, 0.1) is 11.8 Å². The molecule has 4 heteroatoms. The Kier molecular flexibility index (Phi) is 5.59. The molecule has 0 unspecified atom stereocenters. The molecule has 1 aromatic heterocycles. The lowest BCUT2D eigenvalue weighted by Crippen LogP contribution is -2.43.